The molecule has 1 aromatic rings. The monoisotopic (exact) mass is 289 g/mol. The molecular weight excluding hydrogens is 276 g/mol. The lowest BCUT2D eigenvalue weighted by Gasteiger charge is -2.20. The lowest BCUT2D eigenvalue weighted by molar-refractivity contribution is 0.466. The molecule has 4 heteroatoms. The quantitative estimate of drug-likeness (QED) is 0.821. The van der Waals surface area contributed by atoms with Gasteiger partial charge < -0.3 is 5.32 Å². The zero-order chi connectivity index (χ0) is 11.7. The van der Waals surface area contributed by atoms with Crippen LogP contribution in [-0.2, 0) is 0 Å². The largest absolute Gasteiger partial charge is 0.316 e. The van der Waals surface area contributed by atoms with Crippen LogP contribution in [0.1, 0.15) is 30.7 Å². The van der Waals surface area contributed by atoms with Gasteiger partial charge in [-0.1, -0.05) is 6.42 Å². The van der Waals surface area contributed by atoms with Crippen LogP contribution in [0, 0.1) is 11.6 Å². The molecule has 0 bridgehead atoms. The minimum atomic E-state index is -0.452. The van der Waals surface area contributed by atoms with Crippen LogP contribution in [0.15, 0.2) is 16.6 Å². The van der Waals surface area contributed by atoms with E-state index in [4.69, 9.17) is 0 Å². The molecule has 0 radical (unpaired) electrons. The zero-order valence-corrected chi connectivity index (χ0v) is 10.7. The highest BCUT2D eigenvalue weighted by Gasteiger charge is 2.32. The first-order chi connectivity index (χ1) is 7.65. The Hall–Kier alpha value is -0.480. The maximum Gasteiger partial charge on any atom is 0.143 e. The van der Waals surface area contributed by atoms with Gasteiger partial charge in [-0.05, 0) is 48.0 Å². The smallest absolute Gasteiger partial charge is 0.143 e. The summed E-state index contributed by atoms with van der Waals surface area (Å²) in [5.41, 5.74) is 0.228. The molecule has 0 aliphatic heterocycles. The van der Waals surface area contributed by atoms with Gasteiger partial charge in [-0.3, -0.25) is 0 Å². The third kappa shape index (κ3) is 2.00. The van der Waals surface area contributed by atoms with E-state index < -0.39 is 11.6 Å². The molecular formula is C12H14BrF2N. The van der Waals surface area contributed by atoms with Gasteiger partial charge in [0.15, 0.2) is 0 Å². The van der Waals surface area contributed by atoms with Crippen LogP contribution in [-0.4, -0.2) is 13.1 Å². The first kappa shape index (κ1) is 12.0. The van der Waals surface area contributed by atoms with Crippen molar-refractivity contribution in [3.63, 3.8) is 0 Å². The van der Waals surface area contributed by atoms with Crippen LogP contribution in [0.25, 0.3) is 0 Å². The van der Waals surface area contributed by atoms with Gasteiger partial charge in [0.1, 0.15) is 11.6 Å². The van der Waals surface area contributed by atoms with E-state index in [1.807, 2.05) is 7.05 Å². The molecule has 0 heterocycles. The fourth-order valence-electron chi connectivity index (χ4n) is 2.53. The van der Waals surface area contributed by atoms with Crippen molar-refractivity contribution in [3.05, 3.63) is 33.8 Å². The van der Waals surface area contributed by atoms with Crippen LogP contribution in [0.4, 0.5) is 8.78 Å². The lowest BCUT2D eigenvalue weighted by Crippen LogP contribution is -2.28. The van der Waals surface area contributed by atoms with Crippen molar-refractivity contribution in [2.75, 3.05) is 7.05 Å². The molecule has 2 atom stereocenters. The van der Waals surface area contributed by atoms with E-state index in [1.165, 1.54) is 12.1 Å². The second-order valence-electron chi connectivity index (χ2n) is 4.19. The van der Waals surface area contributed by atoms with Gasteiger partial charge in [0.2, 0.25) is 0 Å². The molecule has 2 rings (SSSR count). The molecule has 1 saturated carbocycles. The van der Waals surface area contributed by atoms with Crippen molar-refractivity contribution < 1.29 is 8.78 Å². The molecule has 16 heavy (non-hydrogen) atoms. The average molecular weight is 290 g/mol. The summed E-state index contributed by atoms with van der Waals surface area (Å²) in [6, 6.07) is 2.92. The van der Waals surface area contributed by atoms with E-state index in [1.54, 1.807) is 0 Å². The maximum absolute atomic E-state index is 13.9. The molecule has 0 aromatic heterocycles. The second-order valence-corrected chi connectivity index (χ2v) is 5.04. The summed E-state index contributed by atoms with van der Waals surface area (Å²) in [7, 11) is 1.84. The molecule has 0 amide bonds. The van der Waals surface area contributed by atoms with Gasteiger partial charge in [0.05, 0.1) is 4.47 Å². The van der Waals surface area contributed by atoms with Crippen molar-refractivity contribution >= 4 is 15.9 Å². The van der Waals surface area contributed by atoms with Crippen molar-refractivity contribution in [1.29, 1.82) is 0 Å². The standard InChI is InChI=1S/C12H14BrF2N/c1-16-10-4-2-3-7(10)11-9(14)6-5-8(13)12(11)15/h5-7,10,16H,2-4H2,1H3. The number of nitrogens with one attached hydrogen (secondary N) is 1. The molecule has 0 spiro atoms. The summed E-state index contributed by atoms with van der Waals surface area (Å²) in [4.78, 5) is 0. The number of likely N-dealkylation sites (N-methyl/N-ethyl adjacent to an activating group) is 1. The van der Waals surface area contributed by atoms with Crippen molar-refractivity contribution in [2.24, 2.45) is 0 Å². The molecule has 2 unspecified atom stereocenters. The summed E-state index contributed by atoms with van der Waals surface area (Å²) >= 11 is 3.11. The van der Waals surface area contributed by atoms with E-state index in [-0.39, 0.29) is 17.5 Å². The molecule has 1 aromatic carbocycles. The predicted octanol–water partition coefficient (Wildman–Crippen LogP) is 3.58. The molecule has 0 saturated heterocycles. The molecule has 1 nitrogen and oxygen atoms in total. The van der Waals surface area contributed by atoms with Gasteiger partial charge in [-0.15, -0.1) is 0 Å². The second kappa shape index (κ2) is 4.80. The summed E-state index contributed by atoms with van der Waals surface area (Å²) in [6.45, 7) is 0. The van der Waals surface area contributed by atoms with Gasteiger partial charge >= 0.3 is 0 Å². The number of hydrogen-bond acceptors (Lipinski definition) is 1. The Morgan fingerprint density at radius 3 is 2.75 bits per heavy atom. The number of rotatable bonds is 2. The third-order valence-electron chi connectivity index (χ3n) is 3.34. The summed E-state index contributed by atoms with van der Waals surface area (Å²) in [6.07, 6.45) is 2.84. The number of halogens is 3. The Bertz CT molecular complexity index is 395. The van der Waals surface area contributed by atoms with Crippen LogP contribution >= 0.6 is 15.9 Å². The highest BCUT2D eigenvalue weighted by Crippen LogP contribution is 2.38. The molecule has 1 aliphatic carbocycles. The van der Waals surface area contributed by atoms with Gasteiger partial charge in [0, 0.05) is 17.5 Å². The Kier molecular flexibility index (Phi) is 3.60. The maximum atomic E-state index is 13.9. The zero-order valence-electron chi connectivity index (χ0n) is 9.06. The minimum absolute atomic E-state index is 0.0532. The Labute approximate surface area is 102 Å². The topological polar surface area (TPSA) is 12.0 Å². The first-order valence-electron chi connectivity index (χ1n) is 5.45. The van der Waals surface area contributed by atoms with Crippen molar-refractivity contribution in [1.82, 2.24) is 5.32 Å². The van der Waals surface area contributed by atoms with Gasteiger partial charge in [-0.2, -0.15) is 0 Å². The Morgan fingerprint density at radius 2 is 2.06 bits per heavy atom. The molecule has 1 fully saturated rings. The number of hydrogen-bond donors (Lipinski definition) is 1. The predicted molar refractivity (Wildman–Crippen MR) is 63.5 cm³/mol. The lowest BCUT2D eigenvalue weighted by atomic mass is 9.93. The average Bonchev–Trinajstić information content (AvgIpc) is 2.72. The van der Waals surface area contributed by atoms with E-state index in [0.717, 1.165) is 19.3 Å². The Morgan fingerprint density at radius 1 is 1.31 bits per heavy atom. The summed E-state index contributed by atoms with van der Waals surface area (Å²) in [5.74, 6) is -0.942. The highest BCUT2D eigenvalue weighted by molar-refractivity contribution is 9.10. The fraction of sp³-hybridized carbons (Fsp3) is 0.500. The Balaban J connectivity index is 2.43. The molecule has 88 valence electrons. The van der Waals surface area contributed by atoms with Crippen molar-refractivity contribution in [2.45, 2.75) is 31.2 Å². The van der Waals surface area contributed by atoms with E-state index in [2.05, 4.69) is 21.2 Å². The normalized spacial score (nSPS) is 25.0. The minimum Gasteiger partial charge on any atom is -0.316 e. The fourth-order valence-corrected chi connectivity index (χ4v) is 2.88. The van der Waals surface area contributed by atoms with E-state index in [9.17, 15) is 8.78 Å². The third-order valence-corrected chi connectivity index (χ3v) is 3.95. The van der Waals surface area contributed by atoms with E-state index in [0.29, 0.717) is 4.47 Å². The first-order valence-corrected chi connectivity index (χ1v) is 6.25. The van der Waals surface area contributed by atoms with Gasteiger partial charge in [0.25, 0.3) is 0 Å². The van der Waals surface area contributed by atoms with Crippen LogP contribution in [0.5, 0.6) is 0 Å². The van der Waals surface area contributed by atoms with E-state index >= 15 is 0 Å². The van der Waals surface area contributed by atoms with Crippen molar-refractivity contribution in [3.8, 4) is 0 Å². The SMILES string of the molecule is CNC1CCCC1c1c(F)ccc(Br)c1F. The molecule has 1 N–H and O–H groups in total. The van der Waals surface area contributed by atoms with Crippen LogP contribution < -0.4 is 5.32 Å². The molecule has 1 aliphatic rings. The van der Waals surface area contributed by atoms with Gasteiger partial charge in [-0.25, -0.2) is 8.78 Å². The van der Waals surface area contributed by atoms with Crippen LogP contribution in [0.3, 0.4) is 0 Å². The number of benzene rings is 1. The highest BCUT2D eigenvalue weighted by atomic mass is 79.9. The summed E-state index contributed by atoms with van der Waals surface area (Å²) in [5, 5.41) is 3.14. The van der Waals surface area contributed by atoms with Crippen LogP contribution in [0.2, 0.25) is 0 Å². The summed E-state index contributed by atoms with van der Waals surface area (Å²) < 4.78 is 28.0.